The van der Waals surface area contributed by atoms with Gasteiger partial charge in [-0.1, -0.05) is 19.1 Å². The van der Waals surface area contributed by atoms with Crippen LogP contribution in [0.5, 0.6) is 0 Å². The molecule has 0 spiro atoms. The Balaban J connectivity index is 1.49. The lowest BCUT2D eigenvalue weighted by molar-refractivity contribution is 0.102. The molecule has 2 aromatic heterocycles. The molecule has 0 atom stereocenters. The first-order valence-electron chi connectivity index (χ1n) is 8.94. The molecule has 1 aromatic carbocycles. The normalized spacial score (nSPS) is 15.7. The third-order valence-electron chi connectivity index (χ3n) is 4.58. The first kappa shape index (κ1) is 17.1. The minimum Gasteiger partial charge on any atom is -0.320 e. The van der Waals surface area contributed by atoms with Gasteiger partial charge in [-0.3, -0.25) is 4.79 Å². The topological polar surface area (TPSA) is 84.7 Å². The number of hydrogen-bond donors (Lipinski definition) is 2. The fourth-order valence-corrected chi connectivity index (χ4v) is 4.10. The molecule has 0 radical (unpaired) electrons. The van der Waals surface area contributed by atoms with Gasteiger partial charge in [0, 0.05) is 11.6 Å². The van der Waals surface area contributed by atoms with Crippen molar-refractivity contribution in [3.8, 4) is 0 Å². The summed E-state index contributed by atoms with van der Waals surface area (Å²) >= 11 is 1.66. The number of nitrogens with zero attached hydrogens (tertiary/aromatic N) is 4. The van der Waals surface area contributed by atoms with Crippen molar-refractivity contribution < 1.29 is 4.79 Å². The molecule has 1 aliphatic rings. The van der Waals surface area contributed by atoms with Gasteiger partial charge >= 0.3 is 0 Å². The van der Waals surface area contributed by atoms with Crippen molar-refractivity contribution in [2.24, 2.45) is 0 Å². The SMILES string of the molecule is CC(C)c1nc2ccc(NC(=O)c3cn(C4CCNCC4)nn3)cc2s1. The highest BCUT2D eigenvalue weighted by atomic mass is 32.1. The van der Waals surface area contributed by atoms with Crippen molar-refractivity contribution in [2.75, 3.05) is 18.4 Å². The molecular formula is C18H22N6OS. The average molecular weight is 370 g/mol. The maximum absolute atomic E-state index is 12.5. The van der Waals surface area contributed by atoms with Gasteiger partial charge in [0.15, 0.2) is 5.69 Å². The number of amides is 1. The molecule has 1 aliphatic heterocycles. The van der Waals surface area contributed by atoms with E-state index in [1.54, 1.807) is 17.5 Å². The number of rotatable bonds is 4. The molecule has 1 saturated heterocycles. The lowest BCUT2D eigenvalue weighted by atomic mass is 10.1. The van der Waals surface area contributed by atoms with Gasteiger partial charge in [0.05, 0.1) is 27.5 Å². The number of carbonyl (C=O) groups is 1. The maximum atomic E-state index is 12.5. The van der Waals surface area contributed by atoms with Gasteiger partial charge in [-0.2, -0.15) is 0 Å². The van der Waals surface area contributed by atoms with Crippen molar-refractivity contribution in [3.05, 3.63) is 35.1 Å². The molecule has 8 heteroatoms. The first-order chi connectivity index (χ1) is 12.6. The van der Waals surface area contributed by atoms with E-state index in [0.717, 1.165) is 46.8 Å². The van der Waals surface area contributed by atoms with Crippen LogP contribution in [-0.2, 0) is 0 Å². The zero-order valence-electron chi connectivity index (χ0n) is 14.9. The zero-order chi connectivity index (χ0) is 18.1. The van der Waals surface area contributed by atoms with E-state index in [1.807, 2.05) is 22.9 Å². The van der Waals surface area contributed by atoms with Crippen LogP contribution in [0, 0.1) is 0 Å². The minimum absolute atomic E-state index is 0.238. The van der Waals surface area contributed by atoms with Crippen molar-refractivity contribution >= 4 is 33.1 Å². The number of thiazole rings is 1. The van der Waals surface area contributed by atoms with Crippen LogP contribution in [0.4, 0.5) is 5.69 Å². The molecule has 3 heterocycles. The largest absolute Gasteiger partial charge is 0.320 e. The lowest BCUT2D eigenvalue weighted by Gasteiger charge is -2.22. The quantitative estimate of drug-likeness (QED) is 0.737. The molecule has 1 amide bonds. The monoisotopic (exact) mass is 370 g/mol. The molecule has 26 heavy (non-hydrogen) atoms. The van der Waals surface area contributed by atoms with Crippen LogP contribution in [-0.4, -0.2) is 39.0 Å². The summed E-state index contributed by atoms with van der Waals surface area (Å²) in [6.07, 6.45) is 3.75. The van der Waals surface area contributed by atoms with Gasteiger partial charge < -0.3 is 10.6 Å². The van der Waals surface area contributed by atoms with E-state index in [2.05, 4.69) is 39.8 Å². The van der Waals surface area contributed by atoms with E-state index in [9.17, 15) is 4.79 Å². The number of anilines is 1. The number of nitrogens with one attached hydrogen (secondary N) is 2. The van der Waals surface area contributed by atoms with Gasteiger partial charge in [-0.25, -0.2) is 9.67 Å². The minimum atomic E-state index is -0.238. The summed E-state index contributed by atoms with van der Waals surface area (Å²) in [5, 5.41) is 15.5. The number of carbonyl (C=O) groups excluding carboxylic acids is 1. The molecule has 1 fully saturated rings. The van der Waals surface area contributed by atoms with Crippen LogP contribution in [0.3, 0.4) is 0 Å². The van der Waals surface area contributed by atoms with E-state index in [1.165, 1.54) is 0 Å². The van der Waals surface area contributed by atoms with E-state index < -0.39 is 0 Å². The molecule has 0 saturated carbocycles. The first-order valence-corrected chi connectivity index (χ1v) is 9.76. The van der Waals surface area contributed by atoms with Crippen LogP contribution in [0.2, 0.25) is 0 Å². The van der Waals surface area contributed by atoms with Gasteiger partial charge in [-0.05, 0) is 44.1 Å². The highest BCUT2D eigenvalue weighted by Gasteiger charge is 2.19. The van der Waals surface area contributed by atoms with Gasteiger partial charge in [0.2, 0.25) is 0 Å². The predicted octanol–water partition coefficient (Wildman–Crippen LogP) is 3.19. The fraction of sp³-hybridized carbons (Fsp3) is 0.444. The number of piperidine rings is 1. The van der Waals surface area contributed by atoms with Gasteiger partial charge in [0.1, 0.15) is 0 Å². The van der Waals surface area contributed by atoms with Crippen molar-refractivity contribution in [1.29, 1.82) is 0 Å². The second-order valence-corrected chi connectivity index (χ2v) is 7.97. The van der Waals surface area contributed by atoms with Crippen molar-refractivity contribution in [2.45, 2.75) is 38.6 Å². The Hall–Kier alpha value is -2.32. The van der Waals surface area contributed by atoms with Crippen LogP contribution in [0.15, 0.2) is 24.4 Å². The van der Waals surface area contributed by atoms with Crippen LogP contribution in [0.1, 0.15) is 54.1 Å². The number of fused-ring (bicyclic) bond motifs is 1. The van der Waals surface area contributed by atoms with Crippen LogP contribution < -0.4 is 10.6 Å². The molecular weight excluding hydrogens is 348 g/mol. The second kappa shape index (κ2) is 7.13. The number of benzene rings is 1. The maximum Gasteiger partial charge on any atom is 0.277 e. The zero-order valence-corrected chi connectivity index (χ0v) is 15.7. The Morgan fingerprint density at radius 2 is 2.15 bits per heavy atom. The summed E-state index contributed by atoms with van der Waals surface area (Å²) in [7, 11) is 0. The molecule has 3 aromatic rings. The molecule has 136 valence electrons. The molecule has 0 aliphatic carbocycles. The molecule has 4 rings (SSSR count). The van der Waals surface area contributed by atoms with Crippen LogP contribution >= 0.6 is 11.3 Å². The smallest absolute Gasteiger partial charge is 0.277 e. The summed E-state index contributed by atoms with van der Waals surface area (Å²) in [6, 6.07) is 6.10. The number of hydrogen-bond acceptors (Lipinski definition) is 6. The Morgan fingerprint density at radius 1 is 1.35 bits per heavy atom. The van der Waals surface area contributed by atoms with E-state index in [-0.39, 0.29) is 5.91 Å². The summed E-state index contributed by atoms with van der Waals surface area (Å²) in [5.41, 5.74) is 2.06. The standard InChI is InChI=1S/C18H22N6OS/c1-11(2)18-21-14-4-3-12(9-16(14)26-18)20-17(25)15-10-24(23-22-15)13-5-7-19-8-6-13/h3-4,9-11,13,19H,5-8H2,1-2H3,(H,20,25). The summed E-state index contributed by atoms with van der Waals surface area (Å²) in [5.74, 6) is 0.161. The average Bonchev–Trinajstić information content (AvgIpc) is 3.29. The van der Waals surface area contributed by atoms with E-state index >= 15 is 0 Å². The molecule has 2 N–H and O–H groups in total. The van der Waals surface area contributed by atoms with Gasteiger partial charge in [-0.15, -0.1) is 16.4 Å². The molecule has 0 bridgehead atoms. The highest BCUT2D eigenvalue weighted by Crippen LogP contribution is 2.29. The second-order valence-electron chi connectivity index (χ2n) is 6.91. The Kier molecular flexibility index (Phi) is 4.69. The Morgan fingerprint density at radius 3 is 2.92 bits per heavy atom. The summed E-state index contributed by atoms with van der Waals surface area (Å²) in [4.78, 5) is 17.1. The van der Waals surface area contributed by atoms with E-state index in [0.29, 0.717) is 17.7 Å². The Bertz CT molecular complexity index is 925. The molecule has 0 unspecified atom stereocenters. The predicted molar refractivity (Wildman–Crippen MR) is 103 cm³/mol. The highest BCUT2D eigenvalue weighted by molar-refractivity contribution is 7.18. The number of aromatic nitrogens is 4. The molecule has 7 nitrogen and oxygen atoms in total. The summed E-state index contributed by atoms with van der Waals surface area (Å²) in [6.45, 7) is 6.21. The summed E-state index contributed by atoms with van der Waals surface area (Å²) < 4.78 is 2.89. The van der Waals surface area contributed by atoms with Gasteiger partial charge in [0.25, 0.3) is 5.91 Å². The lowest BCUT2D eigenvalue weighted by Crippen LogP contribution is -2.29. The van der Waals surface area contributed by atoms with E-state index in [4.69, 9.17) is 0 Å². The fourth-order valence-electron chi connectivity index (χ4n) is 3.09. The Labute approximate surface area is 155 Å². The third kappa shape index (κ3) is 3.47. The van der Waals surface area contributed by atoms with Crippen LogP contribution in [0.25, 0.3) is 10.2 Å². The van der Waals surface area contributed by atoms with Crippen molar-refractivity contribution in [3.63, 3.8) is 0 Å². The third-order valence-corrected chi connectivity index (χ3v) is 5.90. The van der Waals surface area contributed by atoms with Crippen molar-refractivity contribution in [1.82, 2.24) is 25.3 Å².